The second-order valence-electron chi connectivity index (χ2n) is 5.33. The van der Waals surface area contributed by atoms with Crippen LogP contribution in [0.3, 0.4) is 0 Å². The Balaban J connectivity index is 2.02. The number of rotatable bonds is 6. The number of nitrogens with one attached hydrogen (secondary N) is 1. The van der Waals surface area contributed by atoms with Gasteiger partial charge in [-0.2, -0.15) is 0 Å². The zero-order valence-corrected chi connectivity index (χ0v) is 13.8. The molecule has 0 aliphatic carbocycles. The van der Waals surface area contributed by atoms with Crippen molar-refractivity contribution in [2.45, 2.75) is 13.8 Å². The maximum atomic E-state index is 12.0. The number of amides is 1. The normalized spacial score (nSPS) is 10.1. The van der Waals surface area contributed by atoms with E-state index in [1.165, 1.54) is 25.3 Å². The van der Waals surface area contributed by atoms with E-state index in [-0.39, 0.29) is 23.8 Å². The molecule has 2 aromatic carbocycles. The van der Waals surface area contributed by atoms with E-state index in [1.807, 2.05) is 32.0 Å². The lowest BCUT2D eigenvalue weighted by Gasteiger charge is -2.12. The van der Waals surface area contributed by atoms with Crippen molar-refractivity contribution < 1.29 is 24.2 Å². The average Bonchev–Trinajstić information content (AvgIpc) is 2.55. The zero-order valence-electron chi connectivity index (χ0n) is 13.8. The number of methoxy groups -OCH3 is 1. The van der Waals surface area contributed by atoms with Crippen LogP contribution in [0.15, 0.2) is 36.4 Å². The first-order valence-electron chi connectivity index (χ1n) is 7.32. The number of carbonyl (C=O) groups is 2. The average molecular weight is 329 g/mol. The number of carbonyl (C=O) groups excluding carboxylic acids is 1. The standard InChI is InChI=1S/C18H19NO5/c1-11-4-6-14(12(2)8-11)19-17(20)10-24-15-7-5-13(18(21)22)9-16(15)23-3/h4-9H,10H2,1-3H3,(H,19,20)(H,21,22). The van der Waals surface area contributed by atoms with Crippen molar-refractivity contribution >= 4 is 17.6 Å². The predicted molar refractivity (Wildman–Crippen MR) is 90.0 cm³/mol. The summed E-state index contributed by atoms with van der Waals surface area (Å²) in [5, 5.41) is 11.7. The van der Waals surface area contributed by atoms with E-state index < -0.39 is 5.97 Å². The van der Waals surface area contributed by atoms with Crippen LogP contribution >= 0.6 is 0 Å². The number of aromatic carboxylic acids is 1. The minimum Gasteiger partial charge on any atom is -0.493 e. The molecule has 126 valence electrons. The van der Waals surface area contributed by atoms with Crippen LogP contribution < -0.4 is 14.8 Å². The number of hydrogen-bond donors (Lipinski definition) is 2. The lowest BCUT2D eigenvalue weighted by Crippen LogP contribution is -2.20. The first-order chi connectivity index (χ1) is 11.4. The number of anilines is 1. The van der Waals surface area contributed by atoms with E-state index in [4.69, 9.17) is 14.6 Å². The van der Waals surface area contributed by atoms with Crippen LogP contribution in [0, 0.1) is 13.8 Å². The van der Waals surface area contributed by atoms with Crippen LogP contribution in [-0.2, 0) is 4.79 Å². The third-order valence-corrected chi connectivity index (χ3v) is 3.43. The lowest BCUT2D eigenvalue weighted by atomic mass is 10.1. The molecule has 0 radical (unpaired) electrons. The van der Waals surface area contributed by atoms with E-state index in [2.05, 4.69) is 5.32 Å². The summed E-state index contributed by atoms with van der Waals surface area (Å²) in [6, 6.07) is 9.93. The highest BCUT2D eigenvalue weighted by atomic mass is 16.5. The van der Waals surface area contributed by atoms with Crippen LogP contribution in [-0.4, -0.2) is 30.7 Å². The summed E-state index contributed by atoms with van der Waals surface area (Å²) in [5.41, 5.74) is 2.89. The van der Waals surface area contributed by atoms with Crippen molar-refractivity contribution in [2.75, 3.05) is 19.0 Å². The number of carboxylic acid groups (broad SMARTS) is 1. The van der Waals surface area contributed by atoms with Gasteiger partial charge in [-0.15, -0.1) is 0 Å². The minimum absolute atomic E-state index is 0.0823. The van der Waals surface area contributed by atoms with Gasteiger partial charge in [-0.1, -0.05) is 17.7 Å². The molecule has 0 atom stereocenters. The van der Waals surface area contributed by atoms with Crippen molar-refractivity contribution in [1.29, 1.82) is 0 Å². The highest BCUT2D eigenvalue weighted by Crippen LogP contribution is 2.28. The van der Waals surface area contributed by atoms with Gasteiger partial charge in [0.25, 0.3) is 5.91 Å². The maximum Gasteiger partial charge on any atom is 0.335 e. The molecule has 0 fully saturated rings. The molecule has 0 bridgehead atoms. The monoisotopic (exact) mass is 329 g/mol. The summed E-state index contributed by atoms with van der Waals surface area (Å²) in [4.78, 5) is 23.0. The van der Waals surface area contributed by atoms with Crippen LogP contribution in [0.4, 0.5) is 5.69 Å². The summed E-state index contributed by atoms with van der Waals surface area (Å²) in [5.74, 6) is -0.814. The second-order valence-corrected chi connectivity index (χ2v) is 5.33. The molecule has 0 aliphatic rings. The quantitative estimate of drug-likeness (QED) is 0.851. The molecule has 1 amide bonds. The Morgan fingerprint density at radius 3 is 2.46 bits per heavy atom. The van der Waals surface area contributed by atoms with Gasteiger partial charge in [-0.3, -0.25) is 4.79 Å². The Hall–Kier alpha value is -3.02. The first kappa shape index (κ1) is 17.3. The molecule has 24 heavy (non-hydrogen) atoms. The largest absolute Gasteiger partial charge is 0.493 e. The SMILES string of the molecule is COc1cc(C(=O)O)ccc1OCC(=O)Nc1ccc(C)cc1C. The molecule has 0 aromatic heterocycles. The first-order valence-corrected chi connectivity index (χ1v) is 7.32. The van der Waals surface area contributed by atoms with Gasteiger partial charge in [0.05, 0.1) is 12.7 Å². The van der Waals surface area contributed by atoms with Gasteiger partial charge in [0.15, 0.2) is 18.1 Å². The summed E-state index contributed by atoms with van der Waals surface area (Å²) in [6.07, 6.45) is 0. The molecular weight excluding hydrogens is 310 g/mol. The second kappa shape index (κ2) is 7.50. The van der Waals surface area contributed by atoms with E-state index in [1.54, 1.807) is 0 Å². The summed E-state index contributed by atoms with van der Waals surface area (Å²) in [6.45, 7) is 3.68. The van der Waals surface area contributed by atoms with Gasteiger partial charge in [0.2, 0.25) is 0 Å². The molecule has 6 heteroatoms. The lowest BCUT2D eigenvalue weighted by molar-refractivity contribution is -0.118. The summed E-state index contributed by atoms with van der Waals surface area (Å²) < 4.78 is 10.5. The summed E-state index contributed by atoms with van der Waals surface area (Å²) in [7, 11) is 1.41. The van der Waals surface area contributed by atoms with Crippen LogP contribution in [0.1, 0.15) is 21.5 Å². The third-order valence-electron chi connectivity index (χ3n) is 3.43. The van der Waals surface area contributed by atoms with Gasteiger partial charge in [-0.25, -0.2) is 4.79 Å². The van der Waals surface area contributed by atoms with Crippen molar-refractivity contribution in [2.24, 2.45) is 0 Å². The highest BCUT2D eigenvalue weighted by molar-refractivity contribution is 5.92. The van der Waals surface area contributed by atoms with Gasteiger partial charge < -0.3 is 19.9 Å². The Bertz CT molecular complexity index is 770. The Labute approximate surface area is 140 Å². The van der Waals surface area contributed by atoms with Crippen LogP contribution in [0.5, 0.6) is 11.5 Å². The maximum absolute atomic E-state index is 12.0. The van der Waals surface area contributed by atoms with Crippen molar-refractivity contribution in [3.63, 3.8) is 0 Å². The fourth-order valence-corrected chi connectivity index (χ4v) is 2.20. The third kappa shape index (κ3) is 4.25. The molecule has 0 heterocycles. The topological polar surface area (TPSA) is 84.9 Å². The molecule has 2 rings (SSSR count). The molecule has 0 saturated carbocycles. The van der Waals surface area contributed by atoms with Crippen LogP contribution in [0.2, 0.25) is 0 Å². The molecule has 0 saturated heterocycles. The van der Waals surface area contributed by atoms with Gasteiger partial charge in [0, 0.05) is 5.69 Å². The Morgan fingerprint density at radius 1 is 1.08 bits per heavy atom. The highest BCUT2D eigenvalue weighted by Gasteiger charge is 2.12. The number of carboxylic acids is 1. The molecule has 2 N–H and O–H groups in total. The van der Waals surface area contributed by atoms with E-state index in [0.717, 1.165) is 16.8 Å². The van der Waals surface area contributed by atoms with E-state index >= 15 is 0 Å². The van der Waals surface area contributed by atoms with Crippen molar-refractivity contribution in [3.05, 3.63) is 53.1 Å². The molecule has 0 aliphatic heterocycles. The molecule has 2 aromatic rings. The fraction of sp³-hybridized carbons (Fsp3) is 0.222. The number of ether oxygens (including phenoxy) is 2. The van der Waals surface area contributed by atoms with E-state index in [9.17, 15) is 9.59 Å². The minimum atomic E-state index is -1.06. The zero-order chi connectivity index (χ0) is 17.7. The fourth-order valence-electron chi connectivity index (χ4n) is 2.20. The molecule has 6 nitrogen and oxygen atoms in total. The van der Waals surface area contributed by atoms with Crippen LogP contribution in [0.25, 0.3) is 0 Å². The smallest absolute Gasteiger partial charge is 0.335 e. The van der Waals surface area contributed by atoms with Gasteiger partial charge in [-0.05, 0) is 43.7 Å². The van der Waals surface area contributed by atoms with Gasteiger partial charge >= 0.3 is 5.97 Å². The van der Waals surface area contributed by atoms with Crippen molar-refractivity contribution in [1.82, 2.24) is 0 Å². The molecule has 0 unspecified atom stereocenters. The predicted octanol–water partition coefficient (Wildman–Crippen LogP) is 3.03. The molecular formula is C18H19NO5. The number of benzene rings is 2. The number of hydrogen-bond acceptors (Lipinski definition) is 4. The Morgan fingerprint density at radius 2 is 1.83 bits per heavy atom. The molecule has 0 spiro atoms. The van der Waals surface area contributed by atoms with E-state index in [0.29, 0.717) is 5.75 Å². The number of aryl methyl sites for hydroxylation is 2. The summed E-state index contributed by atoms with van der Waals surface area (Å²) >= 11 is 0. The van der Waals surface area contributed by atoms with Crippen molar-refractivity contribution in [3.8, 4) is 11.5 Å². The van der Waals surface area contributed by atoms with Gasteiger partial charge in [0.1, 0.15) is 0 Å². The Kier molecular flexibility index (Phi) is 5.42.